The number of carboxylic acid groups (broad SMARTS) is 1. The van der Waals surface area contributed by atoms with E-state index in [1.54, 1.807) is 26.0 Å². The Morgan fingerprint density at radius 1 is 1.16 bits per heavy atom. The zero-order valence-electron chi connectivity index (χ0n) is 17.7. The van der Waals surface area contributed by atoms with Crippen LogP contribution in [0, 0.1) is 5.82 Å². The lowest BCUT2D eigenvalue weighted by Crippen LogP contribution is -2.29. The van der Waals surface area contributed by atoms with E-state index in [9.17, 15) is 19.1 Å². The summed E-state index contributed by atoms with van der Waals surface area (Å²) in [5, 5.41) is 12.3. The van der Waals surface area contributed by atoms with E-state index in [2.05, 4.69) is 5.32 Å². The number of hydrogen-bond donors (Lipinski definition) is 2. The van der Waals surface area contributed by atoms with Crippen molar-refractivity contribution in [2.45, 2.75) is 39.0 Å². The zero-order chi connectivity index (χ0) is 23.1. The summed E-state index contributed by atoms with van der Waals surface area (Å²) in [4.78, 5) is 24.0. The van der Waals surface area contributed by atoms with Crippen LogP contribution < -0.4 is 14.8 Å². The highest BCUT2D eigenvalue weighted by Crippen LogP contribution is 2.33. The summed E-state index contributed by atoms with van der Waals surface area (Å²) in [5.41, 5.74) is 0.895. The third kappa shape index (κ3) is 6.32. The summed E-state index contributed by atoms with van der Waals surface area (Å²) in [7, 11) is 2.89. The molecule has 7 nitrogen and oxygen atoms in total. The maximum atomic E-state index is 14.0. The van der Waals surface area contributed by atoms with Gasteiger partial charge in [-0.3, -0.25) is 4.79 Å². The maximum absolute atomic E-state index is 14.0. The van der Waals surface area contributed by atoms with Gasteiger partial charge in [0.2, 0.25) is 0 Å². The van der Waals surface area contributed by atoms with Crippen LogP contribution >= 0.6 is 11.6 Å². The van der Waals surface area contributed by atoms with Gasteiger partial charge in [0.1, 0.15) is 17.3 Å². The Balaban J connectivity index is 2.32. The Hall–Kier alpha value is -2.84. The Bertz CT molecular complexity index is 950. The first-order chi connectivity index (χ1) is 14.7. The number of benzene rings is 2. The number of rotatable bonds is 10. The molecule has 0 fully saturated rings. The first kappa shape index (κ1) is 24.4. The fraction of sp³-hybridized carbons (Fsp3) is 0.364. The number of nitrogens with one attached hydrogen (secondary N) is 1. The molecule has 0 aliphatic carbocycles. The van der Waals surface area contributed by atoms with Crippen molar-refractivity contribution < 1.29 is 33.3 Å². The summed E-state index contributed by atoms with van der Waals surface area (Å²) >= 11 is 5.73. The molecule has 1 atom stereocenters. The smallest absolute Gasteiger partial charge is 0.333 e. The number of halogens is 2. The molecule has 2 N–H and O–H groups in total. The van der Waals surface area contributed by atoms with Gasteiger partial charge in [0.05, 0.1) is 38.0 Å². The summed E-state index contributed by atoms with van der Waals surface area (Å²) in [6, 6.07) is 7.09. The first-order valence-corrected chi connectivity index (χ1v) is 9.89. The molecule has 2 rings (SSSR count). The molecular weight excluding hydrogens is 429 g/mol. The molecule has 1 amide bonds. The minimum atomic E-state index is -1.10. The second-order valence-corrected chi connectivity index (χ2v) is 7.40. The molecule has 0 aliphatic rings. The van der Waals surface area contributed by atoms with Crippen LogP contribution in [0.1, 0.15) is 35.3 Å². The molecule has 1 unspecified atom stereocenters. The number of methoxy groups -OCH3 is 2. The molecule has 168 valence electrons. The van der Waals surface area contributed by atoms with Gasteiger partial charge in [-0.2, -0.15) is 0 Å². The van der Waals surface area contributed by atoms with Crippen molar-refractivity contribution in [1.82, 2.24) is 5.32 Å². The van der Waals surface area contributed by atoms with Crippen molar-refractivity contribution in [3.63, 3.8) is 0 Å². The van der Waals surface area contributed by atoms with Gasteiger partial charge in [-0.1, -0.05) is 17.7 Å². The molecule has 0 spiro atoms. The molecule has 0 heterocycles. The maximum Gasteiger partial charge on any atom is 0.333 e. The van der Waals surface area contributed by atoms with Crippen LogP contribution in [0.15, 0.2) is 30.3 Å². The van der Waals surface area contributed by atoms with E-state index in [1.165, 1.54) is 26.4 Å². The predicted molar refractivity (Wildman–Crippen MR) is 113 cm³/mol. The minimum Gasteiger partial charge on any atom is -0.496 e. The molecule has 0 aliphatic heterocycles. The summed E-state index contributed by atoms with van der Waals surface area (Å²) in [5.74, 6) is -1.70. The second-order valence-electron chi connectivity index (χ2n) is 6.96. The van der Waals surface area contributed by atoms with E-state index >= 15 is 0 Å². The molecule has 2 aromatic rings. The number of carbonyl (C=O) groups is 2. The Kier molecular flexibility index (Phi) is 8.65. The quantitative estimate of drug-likeness (QED) is 0.567. The highest BCUT2D eigenvalue weighted by Gasteiger charge is 2.24. The SMILES string of the molecule is COc1ccc(CC(OC(C)C)C(=O)O)c(OC)c1CNC(=O)c1ccc(Cl)cc1F. The lowest BCUT2D eigenvalue weighted by Gasteiger charge is -2.21. The lowest BCUT2D eigenvalue weighted by atomic mass is 10.0. The fourth-order valence-corrected chi connectivity index (χ4v) is 3.25. The molecule has 31 heavy (non-hydrogen) atoms. The van der Waals surface area contributed by atoms with E-state index in [-0.39, 0.29) is 29.7 Å². The minimum absolute atomic E-state index is 0.0378. The molecule has 0 bridgehead atoms. The Morgan fingerprint density at radius 3 is 2.42 bits per heavy atom. The van der Waals surface area contributed by atoms with Crippen molar-refractivity contribution >= 4 is 23.5 Å². The molecular formula is C22H25ClFNO6. The van der Waals surface area contributed by atoms with Crippen LogP contribution in [0.5, 0.6) is 11.5 Å². The number of carbonyl (C=O) groups excluding carboxylic acids is 1. The van der Waals surface area contributed by atoms with Crippen LogP contribution in [-0.4, -0.2) is 43.4 Å². The summed E-state index contributed by atoms with van der Waals surface area (Å²) < 4.78 is 30.4. The van der Waals surface area contributed by atoms with Crippen LogP contribution in [0.3, 0.4) is 0 Å². The van der Waals surface area contributed by atoms with Crippen molar-refractivity contribution in [3.8, 4) is 11.5 Å². The third-order valence-corrected chi connectivity index (χ3v) is 4.68. The summed E-state index contributed by atoms with van der Waals surface area (Å²) in [6.07, 6.45) is -1.31. The van der Waals surface area contributed by atoms with Gasteiger partial charge in [-0.05, 0) is 43.7 Å². The highest BCUT2D eigenvalue weighted by atomic mass is 35.5. The van der Waals surface area contributed by atoms with Crippen molar-refractivity contribution in [2.24, 2.45) is 0 Å². The summed E-state index contributed by atoms with van der Waals surface area (Å²) in [6.45, 7) is 3.46. The molecule has 2 aromatic carbocycles. The number of aliphatic carboxylic acids is 1. The average Bonchev–Trinajstić information content (AvgIpc) is 2.70. The molecule has 0 saturated carbocycles. The van der Waals surface area contributed by atoms with Gasteiger partial charge < -0.3 is 24.6 Å². The number of amides is 1. The van der Waals surface area contributed by atoms with E-state index in [1.807, 2.05) is 0 Å². The monoisotopic (exact) mass is 453 g/mol. The van der Waals surface area contributed by atoms with Crippen LogP contribution in [-0.2, 0) is 22.5 Å². The Morgan fingerprint density at radius 2 is 1.87 bits per heavy atom. The van der Waals surface area contributed by atoms with E-state index in [4.69, 9.17) is 25.8 Å². The fourth-order valence-electron chi connectivity index (χ4n) is 3.09. The van der Waals surface area contributed by atoms with Gasteiger partial charge in [0.15, 0.2) is 6.10 Å². The highest BCUT2D eigenvalue weighted by molar-refractivity contribution is 6.30. The lowest BCUT2D eigenvalue weighted by molar-refractivity contribution is -0.153. The number of carboxylic acids is 1. The van der Waals surface area contributed by atoms with E-state index < -0.39 is 23.8 Å². The molecule has 0 aromatic heterocycles. The van der Waals surface area contributed by atoms with Crippen molar-refractivity contribution in [2.75, 3.05) is 14.2 Å². The van der Waals surface area contributed by atoms with E-state index in [0.29, 0.717) is 22.6 Å². The molecule has 0 radical (unpaired) electrons. The van der Waals surface area contributed by atoms with Crippen LogP contribution in [0.4, 0.5) is 4.39 Å². The second kappa shape index (κ2) is 11.0. The van der Waals surface area contributed by atoms with Gasteiger partial charge in [0.25, 0.3) is 5.91 Å². The average molecular weight is 454 g/mol. The van der Waals surface area contributed by atoms with Crippen molar-refractivity contribution in [1.29, 1.82) is 0 Å². The Labute approximate surface area is 185 Å². The zero-order valence-corrected chi connectivity index (χ0v) is 18.5. The topological polar surface area (TPSA) is 94.1 Å². The number of ether oxygens (including phenoxy) is 3. The van der Waals surface area contributed by atoms with Gasteiger partial charge in [0, 0.05) is 11.4 Å². The molecule has 9 heteroatoms. The number of hydrogen-bond acceptors (Lipinski definition) is 5. The van der Waals surface area contributed by atoms with Gasteiger partial charge in [-0.15, -0.1) is 0 Å². The largest absolute Gasteiger partial charge is 0.496 e. The van der Waals surface area contributed by atoms with Crippen molar-refractivity contribution in [3.05, 3.63) is 57.9 Å². The van der Waals surface area contributed by atoms with E-state index in [0.717, 1.165) is 6.07 Å². The first-order valence-electron chi connectivity index (χ1n) is 9.52. The normalized spacial score (nSPS) is 11.8. The van der Waals surface area contributed by atoms with Gasteiger partial charge >= 0.3 is 5.97 Å². The predicted octanol–water partition coefficient (Wildman–Crippen LogP) is 3.85. The van der Waals surface area contributed by atoms with Gasteiger partial charge in [-0.25, -0.2) is 9.18 Å². The van der Waals surface area contributed by atoms with Crippen LogP contribution in [0.2, 0.25) is 5.02 Å². The van der Waals surface area contributed by atoms with Crippen LogP contribution in [0.25, 0.3) is 0 Å². The standard InChI is InChI=1S/C22H25ClFNO6/c1-12(2)31-19(22(27)28)9-13-5-8-18(29-3)16(20(13)30-4)11-25-21(26)15-7-6-14(23)10-17(15)24/h5-8,10,12,19H,9,11H2,1-4H3,(H,25,26)(H,27,28). The third-order valence-electron chi connectivity index (χ3n) is 4.44. The molecule has 0 saturated heterocycles.